The Kier molecular flexibility index (Phi) is 2.51. The van der Waals surface area contributed by atoms with E-state index in [1.165, 1.54) is 0 Å². The number of ether oxygens (including phenoxy) is 1. The molecule has 0 amide bonds. The van der Waals surface area contributed by atoms with Crippen molar-refractivity contribution in [2.75, 3.05) is 0 Å². The van der Waals surface area contributed by atoms with Crippen molar-refractivity contribution in [3.8, 4) is 0 Å². The van der Waals surface area contributed by atoms with E-state index in [0.29, 0.717) is 12.5 Å². The van der Waals surface area contributed by atoms with Crippen LogP contribution in [-0.4, -0.2) is 33.6 Å². The summed E-state index contributed by atoms with van der Waals surface area (Å²) in [5.41, 5.74) is -0.838. The van der Waals surface area contributed by atoms with Gasteiger partial charge in [-0.05, 0) is 49.9 Å². The van der Waals surface area contributed by atoms with Crippen LogP contribution in [0.3, 0.4) is 0 Å². The zero-order valence-electron chi connectivity index (χ0n) is 11.9. The van der Waals surface area contributed by atoms with Gasteiger partial charge >= 0.3 is 0 Å². The lowest BCUT2D eigenvalue weighted by Gasteiger charge is -2.41. The van der Waals surface area contributed by atoms with Crippen molar-refractivity contribution < 1.29 is 14.9 Å². The van der Waals surface area contributed by atoms with E-state index in [4.69, 9.17) is 4.74 Å². The standard InChI is InChI=1S/C15H26O3/c1-9(2)15(17)10-5-6-14(4)12(18-14)8-13(10,3)7-11(15)16/h9-12,16-17H,5-8H2,1-4H3/t10-,11+,12-,13-,14-,15-/m1/s1. The van der Waals surface area contributed by atoms with Crippen molar-refractivity contribution in [2.45, 2.75) is 76.8 Å². The summed E-state index contributed by atoms with van der Waals surface area (Å²) in [4.78, 5) is 0. The Labute approximate surface area is 110 Å². The second-order valence-electron chi connectivity index (χ2n) is 7.63. The van der Waals surface area contributed by atoms with Crippen molar-refractivity contribution in [1.82, 2.24) is 0 Å². The van der Waals surface area contributed by atoms with Crippen LogP contribution in [0.15, 0.2) is 0 Å². The summed E-state index contributed by atoms with van der Waals surface area (Å²) in [5, 5.41) is 21.4. The predicted octanol–water partition coefficient (Wildman–Crippen LogP) is 2.10. The smallest absolute Gasteiger partial charge is 0.0961 e. The lowest BCUT2D eigenvalue weighted by Crippen LogP contribution is -2.49. The maximum atomic E-state index is 11.0. The number of fused-ring (bicyclic) bond motifs is 2. The molecule has 1 aliphatic heterocycles. The predicted molar refractivity (Wildman–Crippen MR) is 69.1 cm³/mol. The van der Waals surface area contributed by atoms with Crippen LogP contribution in [0.2, 0.25) is 0 Å². The molecule has 18 heavy (non-hydrogen) atoms. The van der Waals surface area contributed by atoms with Gasteiger partial charge in [0.15, 0.2) is 0 Å². The van der Waals surface area contributed by atoms with E-state index in [1.807, 2.05) is 13.8 Å². The number of aliphatic hydroxyl groups is 2. The summed E-state index contributed by atoms with van der Waals surface area (Å²) < 4.78 is 5.82. The van der Waals surface area contributed by atoms with Crippen molar-refractivity contribution in [3.63, 3.8) is 0 Å². The van der Waals surface area contributed by atoms with Gasteiger partial charge in [0.2, 0.25) is 0 Å². The third-order valence-corrected chi connectivity index (χ3v) is 6.13. The molecule has 2 aliphatic carbocycles. The van der Waals surface area contributed by atoms with Crippen LogP contribution < -0.4 is 0 Å². The molecule has 0 spiro atoms. The molecule has 3 nitrogen and oxygen atoms in total. The average molecular weight is 254 g/mol. The number of aliphatic hydroxyl groups excluding tert-OH is 1. The van der Waals surface area contributed by atoms with Gasteiger partial charge < -0.3 is 14.9 Å². The number of hydrogen-bond acceptors (Lipinski definition) is 3. The first kappa shape index (κ1) is 12.9. The minimum Gasteiger partial charge on any atom is -0.390 e. The molecule has 1 heterocycles. The zero-order valence-corrected chi connectivity index (χ0v) is 11.9. The van der Waals surface area contributed by atoms with E-state index in [2.05, 4.69) is 13.8 Å². The molecule has 3 fully saturated rings. The van der Waals surface area contributed by atoms with Crippen molar-refractivity contribution in [1.29, 1.82) is 0 Å². The van der Waals surface area contributed by atoms with Crippen LogP contribution in [0.4, 0.5) is 0 Å². The molecule has 0 aromatic rings. The summed E-state index contributed by atoms with van der Waals surface area (Å²) in [6.07, 6.45) is 3.43. The lowest BCUT2D eigenvalue weighted by molar-refractivity contribution is -0.122. The molecule has 0 unspecified atom stereocenters. The molecule has 3 heteroatoms. The molecule has 0 bridgehead atoms. The highest BCUT2D eigenvalue weighted by Gasteiger charge is 2.66. The van der Waals surface area contributed by atoms with E-state index in [0.717, 1.165) is 19.3 Å². The number of epoxide rings is 1. The summed E-state index contributed by atoms with van der Waals surface area (Å²) >= 11 is 0. The summed E-state index contributed by atoms with van der Waals surface area (Å²) in [6, 6.07) is 0. The van der Waals surface area contributed by atoms with E-state index in [9.17, 15) is 10.2 Å². The fourth-order valence-electron chi connectivity index (χ4n) is 4.75. The Balaban J connectivity index is 1.94. The van der Waals surface area contributed by atoms with Crippen LogP contribution in [-0.2, 0) is 4.74 Å². The van der Waals surface area contributed by atoms with Crippen LogP contribution in [0, 0.1) is 17.3 Å². The van der Waals surface area contributed by atoms with Crippen LogP contribution in [0.1, 0.15) is 53.4 Å². The Morgan fingerprint density at radius 2 is 1.89 bits per heavy atom. The first-order chi connectivity index (χ1) is 8.22. The van der Waals surface area contributed by atoms with Crippen molar-refractivity contribution >= 4 is 0 Å². The van der Waals surface area contributed by atoms with Crippen molar-refractivity contribution in [3.05, 3.63) is 0 Å². The lowest BCUT2D eigenvalue weighted by atomic mass is 9.69. The first-order valence-corrected chi connectivity index (χ1v) is 7.31. The third-order valence-electron chi connectivity index (χ3n) is 6.13. The summed E-state index contributed by atoms with van der Waals surface area (Å²) in [7, 11) is 0. The Hall–Kier alpha value is -0.120. The van der Waals surface area contributed by atoms with Gasteiger partial charge in [0.25, 0.3) is 0 Å². The van der Waals surface area contributed by atoms with Gasteiger partial charge in [0.1, 0.15) is 0 Å². The Morgan fingerprint density at radius 1 is 1.22 bits per heavy atom. The quantitative estimate of drug-likeness (QED) is 0.705. The molecule has 0 aromatic heterocycles. The van der Waals surface area contributed by atoms with E-state index >= 15 is 0 Å². The number of hydrogen-bond donors (Lipinski definition) is 2. The van der Waals surface area contributed by atoms with Gasteiger partial charge in [0.05, 0.1) is 23.4 Å². The maximum absolute atomic E-state index is 11.0. The SMILES string of the molecule is CC(C)[C@@]1(O)[C@@H]2CC[C@@]3(C)O[C@@H]3C[C@@]2(C)C[C@@H]1O. The normalized spacial score (nSPS) is 59.2. The van der Waals surface area contributed by atoms with Gasteiger partial charge in [-0.1, -0.05) is 20.8 Å². The average Bonchev–Trinajstić information content (AvgIpc) is 2.82. The van der Waals surface area contributed by atoms with E-state index < -0.39 is 11.7 Å². The molecule has 2 saturated carbocycles. The molecular formula is C15H26O3. The highest BCUT2D eigenvalue weighted by atomic mass is 16.6. The highest BCUT2D eigenvalue weighted by Crippen LogP contribution is 2.62. The largest absolute Gasteiger partial charge is 0.390 e. The van der Waals surface area contributed by atoms with E-state index in [1.54, 1.807) is 0 Å². The van der Waals surface area contributed by atoms with Gasteiger partial charge in [-0.25, -0.2) is 0 Å². The monoisotopic (exact) mass is 254 g/mol. The Morgan fingerprint density at radius 3 is 2.50 bits per heavy atom. The van der Waals surface area contributed by atoms with Crippen LogP contribution >= 0.6 is 0 Å². The fourth-order valence-corrected chi connectivity index (χ4v) is 4.75. The topological polar surface area (TPSA) is 53.0 Å². The third kappa shape index (κ3) is 1.47. The molecule has 0 radical (unpaired) electrons. The molecule has 3 rings (SSSR count). The second kappa shape index (κ2) is 3.50. The van der Waals surface area contributed by atoms with Gasteiger partial charge in [-0.2, -0.15) is 0 Å². The fraction of sp³-hybridized carbons (Fsp3) is 1.00. The summed E-state index contributed by atoms with van der Waals surface area (Å²) in [5.74, 6) is 0.302. The summed E-state index contributed by atoms with van der Waals surface area (Å²) in [6.45, 7) is 8.47. The minimum atomic E-state index is -0.915. The van der Waals surface area contributed by atoms with Crippen LogP contribution in [0.5, 0.6) is 0 Å². The van der Waals surface area contributed by atoms with E-state index in [-0.39, 0.29) is 22.9 Å². The molecule has 2 N–H and O–H groups in total. The maximum Gasteiger partial charge on any atom is 0.0961 e. The first-order valence-electron chi connectivity index (χ1n) is 7.31. The Bertz CT molecular complexity index is 369. The molecule has 1 saturated heterocycles. The zero-order chi connectivity index (χ0) is 13.3. The molecule has 3 aliphatic rings. The molecular weight excluding hydrogens is 228 g/mol. The van der Waals surface area contributed by atoms with Gasteiger partial charge in [-0.15, -0.1) is 0 Å². The van der Waals surface area contributed by atoms with Crippen molar-refractivity contribution in [2.24, 2.45) is 17.3 Å². The second-order valence-corrected chi connectivity index (χ2v) is 7.63. The molecule has 104 valence electrons. The van der Waals surface area contributed by atoms with Gasteiger partial charge in [0, 0.05) is 0 Å². The number of rotatable bonds is 1. The van der Waals surface area contributed by atoms with Gasteiger partial charge in [-0.3, -0.25) is 0 Å². The van der Waals surface area contributed by atoms with Crippen LogP contribution in [0.25, 0.3) is 0 Å². The molecule has 0 aromatic carbocycles. The highest BCUT2D eigenvalue weighted by molar-refractivity contribution is 5.16. The molecule has 6 atom stereocenters. The minimum absolute atomic E-state index is 0.0252.